The van der Waals surface area contributed by atoms with Crippen LogP contribution < -0.4 is 10.5 Å². The number of aryl methyl sites for hydroxylation is 1. The molecule has 0 radical (unpaired) electrons. The van der Waals surface area contributed by atoms with Crippen molar-refractivity contribution in [2.45, 2.75) is 45.1 Å². The van der Waals surface area contributed by atoms with Gasteiger partial charge < -0.3 is 20.1 Å². The summed E-state index contributed by atoms with van der Waals surface area (Å²) in [5, 5.41) is 5.64. The maximum Gasteiger partial charge on any atom is 0.255 e. The third-order valence-corrected chi connectivity index (χ3v) is 8.24. The van der Waals surface area contributed by atoms with Crippen LogP contribution in [0.2, 0.25) is 5.02 Å². The Kier molecular flexibility index (Phi) is 5.72. The lowest BCUT2D eigenvalue weighted by Gasteiger charge is -2.24. The molecule has 39 heavy (non-hydrogen) atoms. The zero-order valence-corrected chi connectivity index (χ0v) is 22.2. The molecule has 2 aromatic carbocycles. The standard InChI is InChI=1S/C30H26ClN5O3/c1-35(30(37)21-11-20-22-14-38-15-23(22)29(32)34-25(20)12-24(21)31)27-16-39-28-10-17(6-8-19(27)28)5-7-18-13-33-36-9-3-2-4-26(18)36/h6,8,10-13,27H,2-4,9,14-16H2,1H3,(H2,32,34)/t27-/m1/s1. The van der Waals surface area contributed by atoms with E-state index in [9.17, 15) is 4.79 Å². The first-order valence-corrected chi connectivity index (χ1v) is 13.4. The minimum Gasteiger partial charge on any atom is -0.491 e. The van der Waals surface area contributed by atoms with Gasteiger partial charge in [-0.15, -0.1) is 0 Å². The van der Waals surface area contributed by atoms with Crippen molar-refractivity contribution >= 4 is 34.2 Å². The van der Waals surface area contributed by atoms with E-state index in [4.69, 9.17) is 26.8 Å². The van der Waals surface area contributed by atoms with E-state index in [1.165, 1.54) is 12.1 Å². The lowest BCUT2D eigenvalue weighted by molar-refractivity contribution is 0.0709. The Bertz CT molecular complexity index is 1730. The predicted molar refractivity (Wildman–Crippen MR) is 148 cm³/mol. The predicted octanol–water partition coefficient (Wildman–Crippen LogP) is 4.64. The summed E-state index contributed by atoms with van der Waals surface area (Å²) in [4.78, 5) is 19.8. The third kappa shape index (κ3) is 4.01. The molecule has 3 aliphatic heterocycles. The summed E-state index contributed by atoms with van der Waals surface area (Å²) in [5.41, 5.74) is 13.0. The summed E-state index contributed by atoms with van der Waals surface area (Å²) < 4.78 is 13.7. The van der Waals surface area contributed by atoms with E-state index >= 15 is 0 Å². The molecule has 0 saturated heterocycles. The highest BCUT2D eigenvalue weighted by Gasteiger charge is 2.32. The number of nitrogens with two attached hydrogens (primary N) is 1. The van der Waals surface area contributed by atoms with E-state index in [-0.39, 0.29) is 11.9 Å². The fourth-order valence-corrected chi connectivity index (χ4v) is 5.98. The van der Waals surface area contributed by atoms with Crippen molar-refractivity contribution in [1.82, 2.24) is 19.7 Å². The van der Waals surface area contributed by atoms with Crippen molar-refractivity contribution in [3.63, 3.8) is 0 Å². The number of pyridine rings is 1. The zero-order valence-electron chi connectivity index (χ0n) is 21.5. The normalized spacial score (nSPS) is 17.1. The van der Waals surface area contributed by atoms with Crippen LogP contribution in [0, 0.1) is 11.8 Å². The van der Waals surface area contributed by atoms with Gasteiger partial charge in [0.2, 0.25) is 0 Å². The van der Waals surface area contributed by atoms with E-state index in [2.05, 4.69) is 26.6 Å². The summed E-state index contributed by atoms with van der Waals surface area (Å²) in [7, 11) is 1.78. The smallest absolute Gasteiger partial charge is 0.255 e. The maximum atomic E-state index is 13.7. The van der Waals surface area contributed by atoms with Crippen molar-refractivity contribution in [3.8, 4) is 17.6 Å². The lowest BCUT2D eigenvalue weighted by Crippen LogP contribution is -2.32. The number of halogens is 1. The Balaban J connectivity index is 1.15. The van der Waals surface area contributed by atoms with Crippen LogP contribution in [0.1, 0.15) is 62.8 Å². The highest BCUT2D eigenvalue weighted by Crippen LogP contribution is 2.38. The van der Waals surface area contributed by atoms with Crippen LogP contribution in [0.3, 0.4) is 0 Å². The largest absolute Gasteiger partial charge is 0.491 e. The summed E-state index contributed by atoms with van der Waals surface area (Å²) in [5.74, 6) is 7.54. The monoisotopic (exact) mass is 539 g/mol. The van der Waals surface area contributed by atoms with E-state index < -0.39 is 0 Å². The summed E-state index contributed by atoms with van der Waals surface area (Å²) in [6.45, 7) is 2.17. The summed E-state index contributed by atoms with van der Waals surface area (Å²) in [6.07, 6.45) is 5.21. The molecule has 0 saturated carbocycles. The van der Waals surface area contributed by atoms with Gasteiger partial charge in [-0.05, 0) is 49.1 Å². The van der Waals surface area contributed by atoms with E-state index in [0.29, 0.717) is 41.7 Å². The average molecular weight is 540 g/mol. The van der Waals surface area contributed by atoms with Gasteiger partial charge in [-0.3, -0.25) is 9.48 Å². The zero-order chi connectivity index (χ0) is 26.7. The molecular formula is C30H26ClN5O3. The van der Waals surface area contributed by atoms with Crippen LogP contribution in [0.4, 0.5) is 5.82 Å². The van der Waals surface area contributed by atoms with Crippen molar-refractivity contribution in [3.05, 3.63) is 80.6 Å². The number of aromatic nitrogens is 3. The average Bonchev–Trinajstić information content (AvgIpc) is 3.69. The SMILES string of the molecule is CN(C(=O)c1cc2c3c(c(N)nc2cc1Cl)COC3)[C@@H]1COc2cc(C#Cc3cnn4c3CCCC4)ccc21. The number of benzene rings is 2. The molecular weight excluding hydrogens is 514 g/mol. The molecule has 2 aromatic heterocycles. The quantitative estimate of drug-likeness (QED) is 0.373. The Morgan fingerprint density at radius 3 is 2.95 bits per heavy atom. The van der Waals surface area contributed by atoms with Crippen LogP contribution in [-0.2, 0) is 30.9 Å². The number of likely N-dealkylation sites (N-methyl/N-ethyl adjacent to an activating group) is 1. The Labute approximate surface area is 230 Å². The van der Waals surface area contributed by atoms with Gasteiger partial charge in [-0.2, -0.15) is 5.10 Å². The van der Waals surface area contributed by atoms with Crippen molar-refractivity contribution in [2.75, 3.05) is 19.4 Å². The molecule has 0 fully saturated rings. The van der Waals surface area contributed by atoms with Crippen LogP contribution in [0.25, 0.3) is 10.9 Å². The molecule has 1 atom stereocenters. The molecule has 0 spiro atoms. The second-order valence-electron chi connectivity index (χ2n) is 10.2. The number of amides is 1. The number of ether oxygens (including phenoxy) is 2. The number of hydrogen-bond acceptors (Lipinski definition) is 6. The lowest BCUT2D eigenvalue weighted by atomic mass is 10.0. The maximum absolute atomic E-state index is 13.7. The minimum atomic E-state index is -0.248. The van der Waals surface area contributed by atoms with Crippen LogP contribution >= 0.6 is 11.6 Å². The van der Waals surface area contributed by atoms with E-state index in [1.54, 1.807) is 24.1 Å². The van der Waals surface area contributed by atoms with Crippen LogP contribution in [0.5, 0.6) is 5.75 Å². The Hall–Kier alpha value is -4.06. The van der Waals surface area contributed by atoms with Gasteiger partial charge in [0.1, 0.15) is 18.2 Å². The van der Waals surface area contributed by atoms with Crippen molar-refractivity contribution in [2.24, 2.45) is 0 Å². The fourth-order valence-electron chi connectivity index (χ4n) is 5.74. The summed E-state index contributed by atoms with van der Waals surface area (Å²) >= 11 is 6.58. The van der Waals surface area contributed by atoms with Gasteiger partial charge in [0, 0.05) is 35.7 Å². The number of fused-ring (bicyclic) bond motifs is 5. The molecule has 2 N–H and O–H groups in total. The number of anilines is 1. The Morgan fingerprint density at radius 2 is 2.05 bits per heavy atom. The number of carbonyl (C=O) groups excluding carboxylic acids is 1. The van der Waals surface area contributed by atoms with E-state index in [1.807, 2.05) is 24.4 Å². The second kappa shape index (κ2) is 9.30. The summed E-state index contributed by atoms with van der Waals surface area (Å²) in [6, 6.07) is 9.18. The van der Waals surface area contributed by atoms with Gasteiger partial charge >= 0.3 is 0 Å². The first kappa shape index (κ1) is 24.0. The van der Waals surface area contributed by atoms with Crippen LogP contribution in [0.15, 0.2) is 36.5 Å². The molecule has 196 valence electrons. The molecule has 1 amide bonds. The molecule has 7 rings (SSSR count). The molecule has 0 aliphatic carbocycles. The highest BCUT2D eigenvalue weighted by molar-refractivity contribution is 6.34. The van der Waals surface area contributed by atoms with Crippen molar-refractivity contribution < 1.29 is 14.3 Å². The van der Waals surface area contributed by atoms with Gasteiger partial charge in [-0.25, -0.2) is 4.98 Å². The fraction of sp³-hybridized carbons (Fsp3) is 0.300. The van der Waals surface area contributed by atoms with Crippen molar-refractivity contribution in [1.29, 1.82) is 0 Å². The second-order valence-corrected chi connectivity index (χ2v) is 10.6. The van der Waals surface area contributed by atoms with Gasteiger partial charge in [0.05, 0.1) is 52.8 Å². The number of hydrogen-bond donors (Lipinski definition) is 1. The number of carbonyl (C=O) groups is 1. The number of nitrogen functional groups attached to an aromatic ring is 1. The number of rotatable bonds is 2. The van der Waals surface area contributed by atoms with Gasteiger partial charge in [-0.1, -0.05) is 29.5 Å². The molecule has 3 aliphatic rings. The first-order valence-electron chi connectivity index (χ1n) is 13.1. The molecule has 0 bridgehead atoms. The first-order chi connectivity index (χ1) is 19.0. The molecule has 0 unspecified atom stereocenters. The highest BCUT2D eigenvalue weighted by atomic mass is 35.5. The molecule has 8 nitrogen and oxygen atoms in total. The molecule has 4 aromatic rings. The van der Waals surface area contributed by atoms with E-state index in [0.717, 1.165) is 58.3 Å². The number of nitrogens with zero attached hydrogens (tertiary/aromatic N) is 4. The topological polar surface area (TPSA) is 95.5 Å². The van der Waals surface area contributed by atoms with Gasteiger partial charge in [0.15, 0.2) is 0 Å². The third-order valence-electron chi connectivity index (χ3n) is 7.93. The molecule has 9 heteroatoms. The van der Waals surface area contributed by atoms with Gasteiger partial charge in [0.25, 0.3) is 5.91 Å². The minimum absolute atomic E-state index is 0.192. The van der Waals surface area contributed by atoms with Crippen LogP contribution in [-0.4, -0.2) is 39.2 Å². The Morgan fingerprint density at radius 1 is 1.18 bits per heavy atom. The molecule has 5 heterocycles.